The summed E-state index contributed by atoms with van der Waals surface area (Å²) in [6, 6.07) is 41.5. The lowest BCUT2D eigenvalue weighted by atomic mass is 9.83. The zero-order valence-electron chi connectivity index (χ0n) is 26.0. The average Bonchev–Trinajstić information content (AvgIpc) is 3.48. The number of hydrogen-bond donors (Lipinski definition) is 0. The molecule has 0 radical (unpaired) electrons. The van der Waals surface area contributed by atoms with Crippen LogP contribution in [0.1, 0.15) is 5.48 Å². The zero-order valence-corrected chi connectivity index (χ0v) is 22.0. The molecular weight excluding hydrogens is 496 g/mol. The van der Waals surface area contributed by atoms with Gasteiger partial charge >= 0.3 is 0 Å². The van der Waals surface area contributed by atoms with E-state index in [-0.39, 0.29) is 29.8 Å². The van der Waals surface area contributed by atoms with Crippen molar-refractivity contribution < 1.29 is 9.90 Å². The Balaban J connectivity index is 1.47. The molecule has 0 aliphatic rings. The van der Waals surface area contributed by atoms with Crippen LogP contribution in [-0.2, 0) is 0 Å². The molecule has 0 bridgehead atoms. The predicted molar refractivity (Wildman–Crippen MR) is 175 cm³/mol. The molecule has 41 heavy (non-hydrogen) atoms. The molecule has 9 rings (SSSR count). The van der Waals surface area contributed by atoms with Crippen LogP contribution < -0.4 is 0 Å². The molecule has 1 heterocycles. The second kappa shape index (κ2) is 8.55. The van der Waals surface area contributed by atoms with Gasteiger partial charge in [0.05, 0.1) is 5.48 Å². The second-order valence-electron chi connectivity index (χ2n) is 10.5. The summed E-state index contributed by atoms with van der Waals surface area (Å²) in [7, 11) is 0. The third kappa shape index (κ3) is 3.18. The Kier molecular flexibility index (Phi) is 3.92. The first kappa shape index (κ1) is 18.8. The van der Waals surface area contributed by atoms with Crippen molar-refractivity contribution in [1.82, 2.24) is 0 Å². The number of para-hydroxylation sites is 1. The number of furan rings is 1. The van der Waals surface area contributed by atoms with Crippen molar-refractivity contribution in [2.45, 2.75) is 0 Å². The van der Waals surface area contributed by atoms with Gasteiger partial charge in [0.1, 0.15) is 11.2 Å². The van der Waals surface area contributed by atoms with Crippen LogP contribution >= 0.6 is 0 Å². The molecule has 0 saturated carbocycles. The molecular formula is C40H24O. The van der Waals surface area contributed by atoms with Gasteiger partial charge in [0.15, 0.2) is 0 Å². The highest BCUT2D eigenvalue weighted by molar-refractivity contribution is 6.27. The van der Waals surface area contributed by atoms with Crippen molar-refractivity contribution >= 4 is 65.0 Å². The van der Waals surface area contributed by atoms with Crippen molar-refractivity contribution in [1.29, 1.82) is 0 Å². The molecule has 1 heteroatoms. The summed E-state index contributed by atoms with van der Waals surface area (Å²) < 4.78 is 40.2. The van der Waals surface area contributed by atoms with Crippen molar-refractivity contribution in [3.05, 3.63) is 145 Å². The largest absolute Gasteiger partial charge is 0.455 e. The summed E-state index contributed by atoms with van der Waals surface area (Å²) in [5.41, 5.74) is 5.20. The van der Waals surface area contributed by atoms with Crippen LogP contribution in [0.5, 0.6) is 0 Å². The maximum Gasteiger partial charge on any atom is 0.143 e. The lowest BCUT2D eigenvalue weighted by Crippen LogP contribution is -1.92. The minimum atomic E-state index is -0.294. The van der Waals surface area contributed by atoms with E-state index in [9.17, 15) is 0 Å². The molecule has 8 aromatic carbocycles. The third-order valence-corrected chi connectivity index (χ3v) is 8.38. The van der Waals surface area contributed by atoms with Crippen molar-refractivity contribution in [3.8, 4) is 22.3 Å². The lowest BCUT2D eigenvalue weighted by molar-refractivity contribution is 0.673. The zero-order chi connectivity index (χ0) is 30.4. The minimum Gasteiger partial charge on any atom is -0.455 e. The fraction of sp³-hybridized carbons (Fsp3) is 0. The van der Waals surface area contributed by atoms with Gasteiger partial charge in [-0.05, 0) is 72.1 Å². The van der Waals surface area contributed by atoms with Crippen molar-refractivity contribution in [2.75, 3.05) is 0 Å². The molecule has 0 saturated heterocycles. The number of hydrogen-bond acceptors (Lipinski definition) is 1. The van der Waals surface area contributed by atoms with Crippen LogP contribution in [0, 0.1) is 0 Å². The maximum absolute atomic E-state index is 8.68. The molecule has 0 atom stereocenters. The van der Waals surface area contributed by atoms with E-state index in [0.717, 1.165) is 43.4 Å². The highest BCUT2D eigenvalue weighted by Gasteiger charge is 2.20. The van der Waals surface area contributed by atoms with Gasteiger partial charge in [0.25, 0.3) is 0 Å². The molecule has 1 nitrogen and oxygen atoms in total. The fourth-order valence-electron chi connectivity index (χ4n) is 6.68. The van der Waals surface area contributed by atoms with Crippen molar-refractivity contribution in [3.63, 3.8) is 0 Å². The molecule has 0 aliphatic heterocycles. The van der Waals surface area contributed by atoms with Crippen LogP contribution in [0.25, 0.3) is 87.3 Å². The molecule has 0 spiro atoms. The van der Waals surface area contributed by atoms with Crippen LogP contribution in [0.15, 0.2) is 150 Å². The normalized spacial score (nSPS) is 13.3. The van der Waals surface area contributed by atoms with E-state index in [1.165, 1.54) is 21.9 Å². The van der Waals surface area contributed by atoms with E-state index >= 15 is 0 Å². The van der Waals surface area contributed by atoms with Crippen LogP contribution in [0.4, 0.5) is 0 Å². The number of benzene rings is 8. The van der Waals surface area contributed by atoms with Gasteiger partial charge in [-0.15, -0.1) is 0 Å². The Hall–Kier alpha value is -5.40. The van der Waals surface area contributed by atoms with Gasteiger partial charge in [0.2, 0.25) is 0 Å². The Bertz CT molecular complexity index is 2640. The molecule has 9 aromatic rings. The molecule has 0 aliphatic carbocycles. The molecule has 190 valence electrons. The molecule has 0 fully saturated rings. The summed E-state index contributed by atoms with van der Waals surface area (Å²) in [5, 5.41) is 9.88. The van der Waals surface area contributed by atoms with E-state index < -0.39 is 0 Å². The minimum absolute atomic E-state index is 0.0862. The van der Waals surface area contributed by atoms with E-state index in [0.29, 0.717) is 16.4 Å². The smallest absolute Gasteiger partial charge is 0.143 e. The average molecular weight is 525 g/mol. The van der Waals surface area contributed by atoms with Gasteiger partial charge in [-0.2, -0.15) is 0 Å². The highest BCUT2D eigenvalue weighted by Crippen LogP contribution is 2.48. The topological polar surface area (TPSA) is 13.1 Å². The first-order chi connectivity index (χ1) is 22.0. The fourth-order valence-corrected chi connectivity index (χ4v) is 6.68. The quantitative estimate of drug-likeness (QED) is 0.205. The van der Waals surface area contributed by atoms with Gasteiger partial charge in [0, 0.05) is 16.2 Å². The molecule has 0 amide bonds. The first-order valence-corrected chi connectivity index (χ1v) is 13.8. The van der Waals surface area contributed by atoms with Gasteiger partial charge in [-0.1, -0.05) is 133 Å². The monoisotopic (exact) mass is 524 g/mol. The highest BCUT2D eigenvalue weighted by atomic mass is 16.3. The summed E-state index contributed by atoms with van der Waals surface area (Å²) >= 11 is 0. The number of rotatable bonds is 2. The Morgan fingerprint density at radius 3 is 1.71 bits per heavy atom. The Morgan fingerprint density at radius 2 is 0.976 bits per heavy atom. The van der Waals surface area contributed by atoms with E-state index in [1.54, 1.807) is 0 Å². The Labute approximate surface area is 242 Å². The van der Waals surface area contributed by atoms with Crippen LogP contribution in [0.2, 0.25) is 0 Å². The van der Waals surface area contributed by atoms with E-state index in [2.05, 4.69) is 109 Å². The molecule has 1 aromatic heterocycles. The summed E-state index contributed by atoms with van der Waals surface area (Å²) in [4.78, 5) is 0. The summed E-state index contributed by atoms with van der Waals surface area (Å²) in [5.74, 6) is 0. The molecule has 0 N–H and O–H groups in total. The first-order valence-electron chi connectivity index (χ1n) is 15.8. The van der Waals surface area contributed by atoms with E-state index in [4.69, 9.17) is 9.90 Å². The standard InChI is InChI=1S/C40H24O/c1-2-14-27-25(11-1)12-9-20-29(27)38-30-16-3-5-18-32(30)39(33-19-6-4-17-31(33)38)35-21-10-13-26-23-24-34-28-15-7-8-22-36(28)41-40(34)37(26)35/h1-24H/i7D,8D,15D,22D. The summed E-state index contributed by atoms with van der Waals surface area (Å²) in [6.07, 6.45) is 0. The predicted octanol–water partition coefficient (Wildman–Crippen LogP) is 11.5. The van der Waals surface area contributed by atoms with E-state index in [1.807, 2.05) is 12.1 Å². The third-order valence-electron chi connectivity index (χ3n) is 8.38. The summed E-state index contributed by atoms with van der Waals surface area (Å²) in [6.45, 7) is 0. The van der Waals surface area contributed by atoms with Gasteiger partial charge in [-0.25, -0.2) is 0 Å². The lowest BCUT2D eigenvalue weighted by Gasteiger charge is -2.19. The maximum atomic E-state index is 8.68. The van der Waals surface area contributed by atoms with Crippen LogP contribution in [-0.4, -0.2) is 0 Å². The van der Waals surface area contributed by atoms with Crippen LogP contribution in [0.3, 0.4) is 0 Å². The second-order valence-corrected chi connectivity index (χ2v) is 10.5. The SMILES string of the molecule is [2H]c1c([2H])c([2H])c2c(oc3c2ccc2cccc(-c4c5ccccc5c(-c5cccc6ccccc56)c5ccccc45)c23)c1[2H]. The van der Waals surface area contributed by atoms with Gasteiger partial charge in [-0.3, -0.25) is 0 Å². The van der Waals surface area contributed by atoms with Gasteiger partial charge < -0.3 is 4.42 Å². The molecule has 0 unspecified atom stereocenters. The Morgan fingerprint density at radius 1 is 0.415 bits per heavy atom. The van der Waals surface area contributed by atoms with Crippen molar-refractivity contribution in [2.24, 2.45) is 0 Å². The number of fused-ring (bicyclic) bond motifs is 8.